The Morgan fingerprint density at radius 2 is 1.66 bits per heavy atom. The van der Waals surface area contributed by atoms with Crippen molar-refractivity contribution in [2.45, 2.75) is 57.3 Å². The molecular weight excluding hydrogens is 392 g/mol. The molecular formula is C30H32O2. The summed E-state index contributed by atoms with van der Waals surface area (Å²) in [6, 6.07) is 19.2. The number of hydrogen-bond donors (Lipinski definition) is 0. The molecule has 2 atom stereocenters. The molecule has 3 aliphatic rings. The largest absolute Gasteiger partial charge is 0.299 e. The predicted octanol–water partition coefficient (Wildman–Crippen LogP) is 6.60. The van der Waals surface area contributed by atoms with Crippen LogP contribution in [0.1, 0.15) is 67.6 Å². The third-order valence-corrected chi connectivity index (χ3v) is 7.89. The first-order valence-corrected chi connectivity index (χ1v) is 12.2. The summed E-state index contributed by atoms with van der Waals surface area (Å²) in [5.41, 5.74) is 4.76. The molecule has 2 fully saturated rings. The lowest BCUT2D eigenvalue weighted by Crippen LogP contribution is -2.26. The second-order valence-corrected chi connectivity index (χ2v) is 9.93. The quantitative estimate of drug-likeness (QED) is 0.523. The van der Waals surface area contributed by atoms with Gasteiger partial charge < -0.3 is 0 Å². The van der Waals surface area contributed by atoms with Gasteiger partial charge in [0.25, 0.3) is 0 Å². The van der Waals surface area contributed by atoms with Gasteiger partial charge in [0.05, 0.1) is 0 Å². The zero-order valence-corrected chi connectivity index (χ0v) is 18.7. The van der Waals surface area contributed by atoms with Gasteiger partial charge in [-0.3, -0.25) is 9.59 Å². The minimum Gasteiger partial charge on any atom is -0.299 e. The van der Waals surface area contributed by atoms with E-state index in [9.17, 15) is 9.59 Å². The van der Waals surface area contributed by atoms with E-state index in [2.05, 4.69) is 54.6 Å². The predicted molar refractivity (Wildman–Crippen MR) is 128 cm³/mol. The van der Waals surface area contributed by atoms with Crippen LogP contribution in [0.4, 0.5) is 0 Å². The van der Waals surface area contributed by atoms with Crippen molar-refractivity contribution in [3.63, 3.8) is 0 Å². The molecule has 0 amide bonds. The molecule has 164 valence electrons. The van der Waals surface area contributed by atoms with Crippen LogP contribution in [0.3, 0.4) is 0 Å². The Labute approximate surface area is 191 Å². The summed E-state index contributed by atoms with van der Waals surface area (Å²) in [6.45, 7) is 0. The molecule has 0 aromatic heterocycles. The zero-order chi connectivity index (χ0) is 21.9. The molecule has 0 spiro atoms. The van der Waals surface area contributed by atoms with Crippen molar-refractivity contribution >= 4 is 11.6 Å². The van der Waals surface area contributed by atoms with E-state index in [0.29, 0.717) is 29.8 Å². The summed E-state index contributed by atoms with van der Waals surface area (Å²) in [7, 11) is 0. The number of carbonyl (C=O) groups excluding carboxylic acids is 2. The molecule has 2 aromatic carbocycles. The maximum Gasteiger partial charge on any atom is 0.162 e. The van der Waals surface area contributed by atoms with E-state index in [4.69, 9.17) is 0 Å². The first kappa shape index (κ1) is 21.1. The number of Topliss-reactive ketones (excluding diaryl/α,β-unsaturated/α-hetero) is 2. The number of carbonyl (C=O) groups is 2. The highest BCUT2D eigenvalue weighted by Gasteiger charge is 2.39. The lowest BCUT2D eigenvalue weighted by Gasteiger charge is -2.31. The number of rotatable bonds is 6. The Morgan fingerprint density at radius 1 is 0.875 bits per heavy atom. The van der Waals surface area contributed by atoms with Gasteiger partial charge in [0.1, 0.15) is 5.78 Å². The van der Waals surface area contributed by atoms with Crippen LogP contribution < -0.4 is 0 Å². The molecule has 2 aromatic rings. The van der Waals surface area contributed by atoms with Crippen molar-refractivity contribution in [2.24, 2.45) is 17.8 Å². The van der Waals surface area contributed by atoms with E-state index in [1.54, 1.807) is 0 Å². The number of allylic oxidation sites excluding steroid dienone is 4. The molecule has 0 radical (unpaired) electrons. The molecule has 3 aliphatic carbocycles. The molecule has 0 bridgehead atoms. The lowest BCUT2D eigenvalue weighted by atomic mass is 9.73. The van der Waals surface area contributed by atoms with Gasteiger partial charge in [-0.1, -0.05) is 72.8 Å². The van der Waals surface area contributed by atoms with E-state index in [1.165, 1.54) is 16.7 Å². The van der Waals surface area contributed by atoms with Gasteiger partial charge in [-0.05, 0) is 79.0 Å². The fourth-order valence-corrected chi connectivity index (χ4v) is 6.10. The molecule has 0 N–H and O–H groups in total. The van der Waals surface area contributed by atoms with Gasteiger partial charge in [-0.15, -0.1) is 0 Å². The van der Waals surface area contributed by atoms with Crippen LogP contribution in [-0.4, -0.2) is 11.6 Å². The van der Waals surface area contributed by atoms with E-state index < -0.39 is 0 Å². The summed E-state index contributed by atoms with van der Waals surface area (Å²) in [5, 5.41) is 0. The molecule has 0 saturated heterocycles. The van der Waals surface area contributed by atoms with Gasteiger partial charge in [0.15, 0.2) is 5.78 Å². The smallest absolute Gasteiger partial charge is 0.162 e. The maximum atomic E-state index is 13.0. The molecule has 2 saturated carbocycles. The summed E-state index contributed by atoms with van der Waals surface area (Å²) in [6.07, 6.45) is 13.6. The highest BCUT2D eigenvalue weighted by molar-refractivity contribution is 5.98. The van der Waals surface area contributed by atoms with E-state index >= 15 is 0 Å². The van der Waals surface area contributed by atoms with Crippen molar-refractivity contribution in [3.05, 3.63) is 95.1 Å². The third kappa shape index (κ3) is 4.55. The first-order chi connectivity index (χ1) is 15.7. The topological polar surface area (TPSA) is 34.1 Å². The Morgan fingerprint density at radius 3 is 2.41 bits per heavy atom. The van der Waals surface area contributed by atoms with Gasteiger partial charge >= 0.3 is 0 Å². The van der Waals surface area contributed by atoms with Crippen LogP contribution in [0.15, 0.2) is 78.4 Å². The van der Waals surface area contributed by atoms with Gasteiger partial charge in [0, 0.05) is 18.3 Å². The minimum absolute atomic E-state index is 0.0461. The summed E-state index contributed by atoms with van der Waals surface area (Å²) < 4.78 is 0. The van der Waals surface area contributed by atoms with Crippen molar-refractivity contribution in [1.82, 2.24) is 0 Å². The fraction of sp³-hybridized carbons (Fsp3) is 0.400. The molecule has 0 heterocycles. The molecule has 2 nitrogen and oxygen atoms in total. The average molecular weight is 425 g/mol. The Balaban J connectivity index is 1.20. The Hall–Kier alpha value is -2.74. The number of benzene rings is 2. The van der Waals surface area contributed by atoms with E-state index in [0.717, 1.165) is 50.5 Å². The van der Waals surface area contributed by atoms with Crippen LogP contribution in [0, 0.1) is 17.8 Å². The Bertz CT molecular complexity index is 1040. The van der Waals surface area contributed by atoms with Gasteiger partial charge in [-0.25, -0.2) is 0 Å². The molecule has 2 heteroatoms. The summed E-state index contributed by atoms with van der Waals surface area (Å²) in [5.74, 6) is 2.09. The standard InChI is InChI=1S/C30H32O2/c31-29-20-27(23-13-15-25(16-14-23)30(32)24-10-4-5-11-24)19-28(29)26-12-6-9-22(18-26)17-21-7-2-1-3-8-21/h1-10,12,18,23,25,27-28H,11,13-17,19-20H2. The number of ketones is 2. The molecule has 2 unspecified atom stereocenters. The van der Waals surface area contributed by atoms with Crippen LogP contribution in [0.25, 0.3) is 0 Å². The van der Waals surface area contributed by atoms with Crippen molar-refractivity contribution < 1.29 is 9.59 Å². The highest BCUT2D eigenvalue weighted by Crippen LogP contribution is 2.45. The normalized spacial score (nSPS) is 27.5. The average Bonchev–Trinajstić information content (AvgIpc) is 3.50. The second-order valence-electron chi connectivity index (χ2n) is 9.93. The van der Waals surface area contributed by atoms with Crippen LogP contribution >= 0.6 is 0 Å². The molecule has 5 rings (SSSR count). The van der Waals surface area contributed by atoms with Crippen molar-refractivity contribution in [2.75, 3.05) is 0 Å². The van der Waals surface area contributed by atoms with E-state index in [1.807, 2.05) is 18.2 Å². The van der Waals surface area contributed by atoms with Gasteiger partial charge in [-0.2, -0.15) is 0 Å². The van der Waals surface area contributed by atoms with E-state index in [-0.39, 0.29) is 11.8 Å². The zero-order valence-electron chi connectivity index (χ0n) is 18.7. The highest BCUT2D eigenvalue weighted by atomic mass is 16.1. The van der Waals surface area contributed by atoms with Crippen LogP contribution in [-0.2, 0) is 16.0 Å². The third-order valence-electron chi connectivity index (χ3n) is 7.89. The van der Waals surface area contributed by atoms with Crippen molar-refractivity contribution in [3.8, 4) is 0 Å². The summed E-state index contributed by atoms with van der Waals surface area (Å²) in [4.78, 5) is 25.7. The molecule has 32 heavy (non-hydrogen) atoms. The van der Waals surface area contributed by atoms with Crippen LogP contribution in [0.2, 0.25) is 0 Å². The van der Waals surface area contributed by atoms with Crippen molar-refractivity contribution in [1.29, 1.82) is 0 Å². The second kappa shape index (κ2) is 9.40. The minimum atomic E-state index is 0.0461. The first-order valence-electron chi connectivity index (χ1n) is 12.2. The maximum absolute atomic E-state index is 13.0. The lowest BCUT2D eigenvalue weighted by molar-refractivity contribution is -0.121. The number of hydrogen-bond acceptors (Lipinski definition) is 2. The summed E-state index contributed by atoms with van der Waals surface area (Å²) >= 11 is 0. The molecule has 0 aliphatic heterocycles. The monoisotopic (exact) mass is 424 g/mol. The van der Waals surface area contributed by atoms with Gasteiger partial charge in [0.2, 0.25) is 0 Å². The van der Waals surface area contributed by atoms with Crippen LogP contribution in [0.5, 0.6) is 0 Å². The SMILES string of the molecule is O=C(C1=CC=CC1)C1CCC(C2CC(=O)C(c3cccc(Cc4ccccc4)c3)C2)CC1. The Kier molecular flexibility index (Phi) is 6.21. The fourth-order valence-electron chi connectivity index (χ4n) is 6.10.